The summed E-state index contributed by atoms with van der Waals surface area (Å²) in [5.41, 5.74) is 2.56. The summed E-state index contributed by atoms with van der Waals surface area (Å²) in [5, 5.41) is 3.26. The average molecular weight is 335 g/mol. The van der Waals surface area contributed by atoms with Crippen LogP contribution in [0.4, 0.5) is 5.69 Å². The van der Waals surface area contributed by atoms with Crippen molar-refractivity contribution in [1.82, 2.24) is 4.98 Å². The van der Waals surface area contributed by atoms with Gasteiger partial charge in [-0.05, 0) is 42.3 Å². The van der Waals surface area contributed by atoms with Crippen LogP contribution >= 0.6 is 11.6 Å². The lowest BCUT2D eigenvalue weighted by Crippen LogP contribution is -2.15. The lowest BCUT2D eigenvalue weighted by Gasteiger charge is -2.10. The van der Waals surface area contributed by atoms with Gasteiger partial charge in [0.2, 0.25) is 5.91 Å². The van der Waals surface area contributed by atoms with E-state index in [4.69, 9.17) is 21.1 Å². The predicted molar refractivity (Wildman–Crippen MR) is 90.1 cm³/mol. The molecule has 2 aromatic rings. The highest BCUT2D eigenvalue weighted by Crippen LogP contribution is 2.27. The number of amides is 1. The molecule has 0 spiro atoms. The predicted octanol–water partition coefficient (Wildman–Crippen LogP) is 3.25. The Morgan fingerprint density at radius 1 is 1.30 bits per heavy atom. The van der Waals surface area contributed by atoms with Crippen LogP contribution < -0.4 is 10.1 Å². The molecule has 0 saturated carbocycles. The molecular formula is C17H19ClN2O3. The second kappa shape index (κ2) is 8.50. The van der Waals surface area contributed by atoms with Crippen molar-refractivity contribution < 1.29 is 14.3 Å². The first-order valence-corrected chi connectivity index (χ1v) is 7.58. The molecule has 0 bridgehead atoms. The van der Waals surface area contributed by atoms with Crippen molar-refractivity contribution in [3.05, 3.63) is 52.8 Å². The summed E-state index contributed by atoms with van der Waals surface area (Å²) in [6, 6.07) is 7.02. The van der Waals surface area contributed by atoms with E-state index in [1.807, 2.05) is 13.0 Å². The largest absolute Gasteiger partial charge is 0.490 e. The maximum atomic E-state index is 12.1. The van der Waals surface area contributed by atoms with E-state index in [0.29, 0.717) is 29.7 Å². The first kappa shape index (κ1) is 17.2. The highest BCUT2D eigenvalue weighted by Gasteiger charge is 2.09. The molecule has 0 aliphatic heterocycles. The number of anilines is 1. The van der Waals surface area contributed by atoms with Crippen LogP contribution in [0, 0.1) is 6.92 Å². The van der Waals surface area contributed by atoms with Crippen LogP contribution in [0.1, 0.15) is 11.1 Å². The zero-order valence-corrected chi connectivity index (χ0v) is 13.9. The van der Waals surface area contributed by atoms with Crippen molar-refractivity contribution in [3.63, 3.8) is 0 Å². The van der Waals surface area contributed by atoms with E-state index in [1.165, 1.54) is 0 Å². The molecule has 0 radical (unpaired) electrons. The fourth-order valence-corrected chi connectivity index (χ4v) is 2.23. The number of nitrogens with one attached hydrogen (secondary N) is 1. The zero-order chi connectivity index (χ0) is 16.7. The number of methoxy groups -OCH3 is 1. The number of hydrogen-bond donors (Lipinski definition) is 1. The van der Waals surface area contributed by atoms with Gasteiger partial charge in [0, 0.05) is 25.2 Å². The average Bonchev–Trinajstić information content (AvgIpc) is 2.52. The summed E-state index contributed by atoms with van der Waals surface area (Å²) in [6.45, 7) is 2.86. The molecule has 0 aliphatic rings. The molecule has 1 heterocycles. The van der Waals surface area contributed by atoms with E-state index in [1.54, 1.807) is 37.7 Å². The van der Waals surface area contributed by atoms with Crippen LogP contribution in [-0.4, -0.2) is 31.2 Å². The van der Waals surface area contributed by atoms with Crippen molar-refractivity contribution >= 4 is 23.2 Å². The van der Waals surface area contributed by atoms with Gasteiger partial charge in [-0.3, -0.25) is 9.78 Å². The third kappa shape index (κ3) is 5.23. The Morgan fingerprint density at radius 3 is 2.83 bits per heavy atom. The van der Waals surface area contributed by atoms with Gasteiger partial charge in [0.1, 0.15) is 12.4 Å². The van der Waals surface area contributed by atoms with Gasteiger partial charge < -0.3 is 14.8 Å². The summed E-state index contributed by atoms with van der Waals surface area (Å²) in [4.78, 5) is 16.2. The van der Waals surface area contributed by atoms with E-state index < -0.39 is 0 Å². The fourth-order valence-electron chi connectivity index (χ4n) is 1.99. The second-order valence-corrected chi connectivity index (χ2v) is 5.42. The molecule has 1 amide bonds. The van der Waals surface area contributed by atoms with E-state index in [0.717, 1.165) is 11.1 Å². The molecule has 23 heavy (non-hydrogen) atoms. The van der Waals surface area contributed by atoms with Crippen molar-refractivity contribution in [3.8, 4) is 5.75 Å². The number of pyridine rings is 1. The molecule has 0 unspecified atom stereocenters. The number of carbonyl (C=O) groups is 1. The maximum absolute atomic E-state index is 12.1. The van der Waals surface area contributed by atoms with Crippen molar-refractivity contribution in [2.24, 2.45) is 0 Å². The number of nitrogens with zero attached hydrogens (tertiary/aromatic N) is 1. The number of aromatic nitrogens is 1. The van der Waals surface area contributed by atoms with Gasteiger partial charge in [-0.15, -0.1) is 0 Å². The first-order valence-electron chi connectivity index (χ1n) is 7.21. The number of benzene rings is 1. The molecule has 0 aliphatic carbocycles. The first-order chi connectivity index (χ1) is 11.1. The highest BCUT2D eigenvalue weighted by atomic mass is 35.5. The third-order valence-corrected chi connectivity index (χ3v) is 3.55. The topological polar surface area (TPSA) is 60.5 Å². The van der Waals surface area contributed by atoms with Gasteiger partial charge in [0.25, 0.3) is 0 Å². The van der Waals surface area contributed by atoms with Crippen LogP contribution in [0.2, 0.25) is 5.02 Å². The number of rotatable bonds is 7. The molecular weight excluding hydrogens is 316 g/mol. The van der Waals surface area contributed by atoms with Gasteiger partial charge in [-0.1, -0.05) is 11.6 Å². The van der Waals surface area contributed by atoms with Crippen molar-refractivity contribution in [2.75, 3.05) is 25.6 Å². The monoisotopic (exact) mass is 334 g/mol. The molecule has 2 rings (SSSR count). The van der Waals surface area contributed by atoms with Gasteiger partial charge in [0.05, 0.1) is 18.1 Å². The third-order valence-electron chi connectivity index (χ3n) is 3.26. The van der Waals surface area contributed by atoms with E-state index in [9.17, 15) is 4.79 Å². The second-order valence-electron chi connectivity index (χ2n) is 5.01. The van der Waals surface area contributed by atoms with Gasteiger partial charge in [-0.25, -0.2) is 0 Å². The molecule has 1 aromatic heterocycles. The van der Waals surface area contributed by atoms with Crippen LogP contribution in [0.3, 0.4) is 0 Å². The Morgan fingerprint density at radius 2 is 2.13 bits per heavy atom. The Balaban J connectivity index is 1.96. The molecule has 1 aromatic carbocycles. The molecule has 5 nitrogen and oxygen atoms in total. The van der Waals surface area contributed by atoms with E-state index >= 15 is 0 Å². The quantitative estimate of drug-likeness (QED) is 0.790. The molecule has 0 atom stereocenters. The zero-order valence-electron chi connectivity index (χ0n) is 13.1. The standard InChI is InChI=1S/C17H19ClN2O3/c1-12-5-6-19-11-13(12)9-17(21)20-14-3-4-16(15(18)10-14)23-8-7-22-2/h3-6,10-11H,7-9H2,1-2H3,(H,20,21). The van der Waals surface area contributed by atoms with Gasteiger partial charge >= 0.3 is 0 Å². The summed E-state index contributed by atoms with van der Waals surface area (Å²) in [5.74, 6) is 0.440. The molecule has 1 N–H and O–H groups in total. The van der Waals surface area contributed by atoms with Gasteiger partial charge in [0.15, 0.2) is 0 Å². The van der Waals surface area contributed by atoms with E-state index in [-0.39, 0.29) is 12.3 Å². The van der Waals surface area contributed by atoms with Crippen LogP contribution in [0.15, 0.2) is 36.7 Å². The molecule has 0 saturated heterocycles. The Bertz CT molecular complexity index is 677. The van der Waals surface area contributed by atoms with E-state index in [2.05, 4.69) is 10.3 Å². The minimum Gasteiger partial charge on any atom is -0.490 e. The minimum atomic E-state index is -0.120. The Kier molecular flexibility index (Phi) is 6.38. The number of ether oxygens (including phenoxy) is 2. The SMILES string of the molecule is COCCOc1ccc(NC(=O)Cc2cnccc2C)cc1Cl. The van der Waals surface area contributed by atoms with Crippen LogP contribution in [0.5, 0.6) is 5.75 Å². The Labute approximate surface area is 140 Å². The summed E-state index contributed by atoms with van der Waals surface area (Å²) < 4.78 is 10.4. The van der Waals surface area contributed by atoms with Crippen molar-refractivity contribution in [2.45, 2.75) is 13.3 Å². The van der Waals surface area contributed by atoms with Crippen LogP contribution in [0.25, 0.3) is 0 Å². The number of carbonyl (C=O) groups excluding carboxylic acids is 1. The van der Waals surface area contributed by atoms with Crippen LogP contribution in [-0.2, 0) is 16.0 Å². The van der Waals surface area contributed by atoms with Crippen molar-refractivity contribution in [1.29, 1.82) is 0 Å². The number of halogens is 1. The Hall–Kier alpha value is -2.11. The molecule has 0 fully saturated rings. The lowest BCUT2D eigenvalue weighted by molar-refractivity contribution is -0.115. The lowest BCUT2D eigenvalue weighted by atomic mass is 10.1. The summed E-state index contributed by atoms with van der Waals surface area (Å²) in [7, 11) is 1.60. The smallest absolute Gasteiger partial charge is 0.228 e. The molecule has 122 valence electrons. The summed E-state index contributed by atoms with van der Waals surface area (Å²) >= 11 is 6.15. The number of aryl methyl sites for hydroxylation is 1. The fraction of sp³-hybridized carbons (Fsp3) is 0.294. The minimum absolute atomic E-state index is 0.120. The molecule has 6 heteroatoms. The number of hydrogen-bond acceptors (Lipinski definition) is 4. The summed E-state index contributed by atoms with van der Waals surface area (Å²) in [6.07, 6.45) is 3.68. The highest BCUT2D eigenvalue weighted by molar-refractivity contribution is 6.32. The normalized spacial score (nSPS) is 10.4. The maximum Gasteiger partial charge on any atom is 0.228 e. The van der Waals surface area contributed by atoms with Gasteiger partial charge in [-0.2, -0.15) is 0 Å².